The fourth-order valence-corrected chi connectivity index (χ4v) is 5.40. The van der Waals surface area contributed by atoms with Crippen molar-refractivity contribution in [3.05, 3.63) is 24.0 Å². The van der Waals surface area contributed by atoms with E-state index in [1.54, 1.807) is 29.9 Å². The van der Waals surface area contributed by atoms with E-state index in [4.69, 9.17) is 9.47 Å². The monoisotopic (exact) mass is 369 g/mol. The van der Waals surface area contributed by atoms with E-state index >= 15 is 0 Å². The molecular formula is C19H23N5O3. The molecule has 0 N–H and O–H groups in total. The summed E-state index contributed by atoms with van der Waals surface area (Å²) >= 11 is 0. The summed E-state index contributed by atoms with van der Waals surface area (Å²) in [5, 5.41) is 12.0. The van der Waals surface area contributed by atoms with Gasteiger partial charge in [-0.05, 0) is 46.9 Å². The van der Waals surface area contributed by atoms with E-state index in [0.717, 1.165) is 17.5 Å². The third kappa shape index (κ3) is 2.49. The number of carbonyl (C=O) groups excluding carboxylic acids is 1. The number of methoxy groups -OCH3 is 2. The van der Waals surface area contributed by atoms with Crippen molar-refractivity contribution in [3.63, 3.8) is 0 Å². The van der Waals surface area contributed by atoms with Crippen molar-refractivity contribution in [1.29, 1.82) is 0 Å². The number of tetrazole rings is 1. The molecule has 142 valence electrons. The van der Waals surface area contributed by atoms with Crippen LogP contribution < -0.4 is 9.47 Å². The number of hydrogen-bond acceptors (Lipinski definition) is 6. The molecule has 0 spiro atoms. The zero-order valence-electron chi connectivity index (χ0n) is 15.7. The molecule has 6 rings (SSSR count). The van der Waals surface area contributed by atoms with Crippen LogP contribution >= 0.6 is 0 Å². The largest absolute Gasteiger partial charge is 0.497 e. The summed E-state index contributed by atoms with van der Waals surface area (Å²) in [4.78, 5) is 14.8. The Bertz CT molecular complexity index is 861. The highest BCUT2D eigenvalue weighted by molar-refractivity contribution is 5.81. The van der Waals surface area contributed by atoms with Gasteiger partial charge in [0.2, 0.25) is 5.91 Å². The molecule has 0 radical (unpaired) electrons. The van der Waals surface area contributed by atoms with Crippen molar-refractivity contribution in [3.8, 4) is 17.2 Å². The molecule has 4 aliphatic carbocycles. The van der Waals surface area contributed by atoms with Crippen molar-refractivity contribution in [2.45, 2.75) is 19.4 Å². The predicted octanol–water partition coefficient (Wildman–Crippen LogP) is 1.54. The van der Waals surface area contributed by atoms with E-state index in [9.17, 15) is 4.79 Å². The predicted molar refractivity (Wildman–Crippen MR) is 95.4 cm³/mol. The lowest BCUT2D eigenvalue weighted by Crippen LogP contribution is -2.35. The molecule has 3 unspecified atom stereocenters. The first kappa shape index (κ1) is 16.5. The Hall–Kier alpha value is -2.64. The van der Waals surface area contributed by atoms with Crippen molar-refractivity contribution in [1.82, 2.24) is 25.1 Å². The van der Waals surface area contributed by atoms with E-state index < -0.39 is 0 Å². The van der Waals surface area contributed by atoms with E-state index in [-0.39, 0.29) is 11.8 Å². The molecule has 3 atom stereocenters. The van der Waals surface area contributed by atoms with Gasteiger partial charge in [0.1, 0.15) is 11.5 Å². The van der Waals surface area contributed by atoms with E-state index in [1.807, 2.05) is 19.2 Å². The summed E-state index contributed by atoms with van der Waals surface area (Å²) in [6, 6.07) is 5.47. The van der Waals surface area contributed by atoms with Gasteiger partial charge in [-0.3, -0.25) is 4.79 Å². The van der Waals surface area contributed by atoms with Crippen molar-refractivity contribution >= 4 is 5.91 Å². The summed E-state index contributed by atoms with van der Waals surface area (Å²) in [6.07, 6.45) is 2.50. The number of amides is 1. The zero-order valence-corrected chi connectivity index (χ0v) is 15.7. The fourth-order valence-electron chi connectivity index (χ4n) is 5.40. The van der Waals surface area contributed by atoms with Crippen LogP contribution in [0.4, 0.5) is 0 Å². The Morgan fingerprint density at radius 3 is 2.41 bits per heavy atom. The van der Waals surface area contributed by atoms with E-state index in [0.29, 0.717) is 35.7 Å². The smallest absolute Gasteiger partial charge is 0.226 e. The molecule has 1 aromatic carbocycles. The molecule has 0 saturated heterocycles. The number of ether oxygens (including phenoxy) is 2. The first-order valence-electron chi connectivity index (χ1n) is 9.36. The maximum atomic E-state index is 13.0. The average Bonchev–Trinajstić information content (AvgIpc) is 3.22. The van der Waals surface area contributed by atoms with Crippen LogP contribution in [0.2, 0.25) is 0 Å². The van der Waals surface area contributed by atoms with Gasteiger partial charge in [0.25, 0.3) is 0 Å². The molecule has 1 aromatic heterocycles. The van der Waals surface area contributed by atoms with Crippen LogP contribution in [0.15, 0.2) is 18.2 Å². The molecule has 8 heteroatoms. The van der Waals surface area contributed by atoms with E-state index in [1.165, 1.54) is 12.8 Å². The van der Waals surface area contributed by atoms with Gasteiger partial charge in [-0.2, -0.15) is 4.68 Å². The second-order valence-electron chi connectivity index (χ2n) is 7.93. The van der Waals surface area contributed by atoms with Crippen LogP contribution in [-0.4, -0.2) is 52.3 Å². The number of rotatable bonds is 6. The first-order valence-corrected chi connectivity index (χ1v) is 9.36. The van der Waals surface area contributed by atoms with Gasteiger partial charge >= 0.3 is 0 Å². The van der Waals surface area contributed by atoms with Crippen LogP contribution in [0.5, 0.6) is 11.5 Å². The summed E-state index contributed by atoms with van der Waals surface area (Å²) < 4.78 is 12.3. The summed E-state index contributed by atoms with van der Waals surface area (Å²) in [6.45, 7) is 0.372. The number of hydrogen-bond donors (Lipinski definition) is 0. The Balaban J connectivity index is 1.37. The van der Waals surface area contributed by atoms with Crippen LogP contribution in [-0.2, 0) is 11.3 Å². The highest BCUT2D eigenvalue weighted by Gasteiger charge is 2.70. The molecular weight excluding hydrogens is 346 g/mol. The number of benzene rings is 1. The van der Waals surface area contributed by atoms with Crippen LogP contribution in [0.25, 0.3) is 5.69 Å². The number of aromatic nitrogens is 4. The third-order valence-corrected chi connectivity index (χ3v) is 6.63. The lowest BCUT2D eigenvalue weighted by Gasteiger charge is -2.22. The second kappa shape index (κ2) is 5.94. The number of carbonyl (C=O) groups is 1. The maximum Gasteiger partial charge on any atom is 0.226 e. The highest BCUT2D eigenvalue weighted by atomic mass is 16.5. The Morgan fingerprint density at radius 2 is 1.85 bits per heavy atom. The maximum absolute atomic E-state index is 13.0. The normalized spacial score (nSPS) is 29.7. The molecule has 4 fully saturated rings. The average molecular weight is 369 g/mol. The molecule has 4 aliphatic rings. The second-order valence-corrected chi connectivity index (χ2v) is 7.93. The van der Waals surface area contributed by atoms with Gasteiger partial charge in [0.05, 0.1) is 26.5 Å². The first-order chi connectivity index (χ1) is 13.1. The van der Waals surface area contributed by atoms with Crippen LogP contribution in [0, 0.1) is 29.6 Å². The highest BCUT2D eigenvalue weighted by Crippen LogP contribution is 2.73. The molecule has 4 bridgehead atoms. The van der Waals surface area contributed by atoms with Gasteiger partial charge in [-0.15, -0.1) is 5.10 Å². The summed E-state index contributed by atoms with van der Waals surface area (Å²) in [7, 11) is 5.05. The van der Waals surface area contributed by atoms with Gasteiger partial charge in [-0.25, -0.2) is 0 Å². The van der Waals surface area contributed by atoms with Crippen molar-refractivity contribution < 1.29 is 14.3 Å². The SMILES string of the molecule is COc1cc(OC)cc(-n2nnnc2CN(C)C(=O)C2C3CC4C(C3)C42)c1. The van der Waals surface area contributed by atoms with Crippen LogP contribution in [0.3, 0.4) is 0 Å². The lowest BCUT2D eigenvalue weighted by molar-refractivity contribution is -0.136. The molecule has 1 amide bonds. The van der Waals surface area contributed by atoms with Crippen molar-refractivity contribution in [2.24, 2.45) is 29.6 Å². The molecule has 1 heterocycles. The van der Waals surface area contributed by atoms with Gasteiger partial charge in [0.15, 0.2) is 5.82 Å². The van der Waals surface area contributed by atoms with Gasteiger partial charge < -0.3 is 14.4 Å². The third-order valence-electron chi connectivity index (χ3n) is 6.63. The minimum Gasteiger partial charge on any atom is -0.497 e. The fraction of sp³-hybridized carbons (Fsp3) is 0.579. The minimum absolute atomic E-state index is 0.214. The summed E-state index contributed by atoms with van der Waals surface area (Å²) in [5.74, 6) is 5.26. The standard InChI is InChI=1S/C19H23N5O3/c1-23(19(25)17-10-4-14-15(5-10)18(14)17)9-16-20-21-22-24(16)11-6-12(26-2)8-13(7-11)27-3/h6-8,10,14-15,17-18H,4-5,9H2,1-3H3. The molecule has 0 aliphatic heterocycles. The summed E-state index contributed by atoms with van der Waals surface area (Å²) in [5.41, 5.74) is 0.734. The molecule has 27 heavy (non-hydrogen) atoms. The Morgan fingerprint density at radius 1 is 1.19 bits per heavy atom. The van der Waals surface area contributed by atoms with Crippen LogP contribution in [0.1, 0.15) is 18.7 Å². The lowest BCUT2D eigenvalue weighted by atomic mass is 9.97. The Labute approximate surface area is 157 Å². The van der Waals surface area contributed by atoms with Crippen molar-refractivity contribution in [2.75, 3.05) is 21.3 Å². The molecule has 8 nitrogen and oxygen atoms in total. The molecule has 4 saturated carbocycles. The quantitative estimate of drug-likeness (QED) is 0.768. The number of nitrogens with zero attached hydrogens (tertiary/aromatic N) is 5. The van der Waals surface area contributed by atoms with E-state index in [2.05, 4.69) is 15.5 Å². The minimum atomic E-state index is 0.214. The zero-order chi connectivity index (χ0) is 18.7. The molecule has 2 aromatic rings. The van der Waals surface area contributed by atoms with Gasteiger partial charge in [0, 0.05) is 31.2 Å². The Kier molecular flexibility index (Phi) is 3.63. The van der Waals surface area contributed by atoms with Gasteiger partial charge in [-0.1, -0.05) is 0 Å². The topological polar surface area (TPSA) is 82.4 Å².